The molecule has 0 spiro atoms. The van der Waals surface area contributed by atoms with Gasteiger partial charge in [0.1, 0.15) is 5.75 Å². The Morgan fingerprint density at radius 2 is 1.67 bits per heavy atom. The highest BCUT2D eigenvalue weighted by Gasteiger charge is 2.35. The molecule has 0 radical (unpaired) electrons. The van der Waals surface area contributed by atoms with E-state index in [2.05, 4.69) is 10.1 Å². The average molecular weight is 452 g/mol. The molecule has 154 valence electrons. The van der Waals surface area contributed by atoms with Gasteiger partial charge in [-0.15, -0.1) is 0 Å². The van der Waals surface area contributed by atoms with Gasteiger partial charge in [-0.1, -0.05) is 23.2 Å². The number of hydrogen-bond acceptors (Lipinski definition) is 3. The fraction of sp³-hybridized carbons (Fsp3) is 0.143. The second kappa shape index (κ2) is 7.49. The van der Waals surface area contributed by atoms with E-state index in [-0.39, 0.29) is 27.4 Å². The molecule has 0 saturated carbocycles. The number of fused-ring (bicyclic) bond motifs is 1. The van der Waals surface area contributed by atoms with Gasteiger partial charge in [0.2, 0.25) is 0 Å². The van der Waals surface area contributed by atoms with Crippen LogP contribution in [0.3, 0.4) is 0 Å². The Labute approximate surface area is 179 Å². The quantitative estimate of drug-likeness (QED) is 0.346. The summed E-state index contributed by atoms with van der Waals surface area (Å²) in [5.74, 6) is 0.590. The van der Waals surface area contributed by atoms with Crippen LogP contribution in [0.2, 0.25) is 10.0 Å². The summed E-state index contributed by atoms with van der Waals surface area (Å²) < 4.78 is 48.2. The number of hydrogen-bond donors (Lipinski definition) is 0. The molecule has 0 unspecified atom stereocenters. The van der Waals surface area contributed by atoms with Crippen molar-refractivity contribution in [3.63, 3.8) is 0 Å². The molecule has 2 heterocycles. The SMILES string of the molecule is COc1ccc(-c2cc(C(F)(F)F)c3c(C)nn(-c4ccc(Cl)c(Cl)c4)c3n2)cc1. The molecular formula is C21H14Cl2F3N3O. The third-order valence-corrected chi connectivity index (χ3v) is 5.39. The van der Waals surface area contributed by atoms with E-state index in [4.69, 9.17) is 27.9 Å². The standard InChI is InChI=1S/C21H14Cl2F3N3O/c1-11-19-15(21(24,25)26)10-18(12-3-6-14(30-2)7-4-12)27-20(19)29(28-11)13-5-8-16(22)17(23)9-13/h3-10H,1-2H3. The van der Waals surface area contributed by atoms with Crippen LogP contribution in [0.4, 0.5) is 13.2 Å². The number of rotatable bonds is 3. The molecular weight excluding hydrogens is 438 g/mol. The first-order valence-electron chi connectivity index (χ1n) is 8.76. The zero-order valence-electron chi connectivity index (χ0n) is 15.8. The summed E-state index contributed by atoms with van der Waals surface area (Å²) in [5, 5.41) is 4.83. The van der Waals surface area contributed by atoms with Crippen molar-refractivity contribution in [2.45, 2.75) is 13.1 Å². The van der Waals surface area contributed by atoms with E-state index in [9.17, 15) is 13.2 Å². The van der Waals surface area contributed by atoms with E-state index < -0.39 is 11.7 Å². The number of alkyl halides is 3. The van der Waals surface area contributed by atoms with Gasteiger partial charge >= 0.3 is 6.18 Å². The second-order valence-electron chi connectivity index (χ2n) is 6.58. The lowest BCUT2D eigenvalue weighted by Crippen LogP contribution is -2.08. The Morgan fingerprint density at radius 1 is 0.967 bits per heavy atom. The Hall–Kier alpha value is -2.77. The van der Waals surface area contributed by atoms with Gasteiger partial charge in [-0.25, -0.2) is 9.67 Å². The topological polar surface area (TPSA) is 39.9 Å². The molecule has 30 heavy (non-hydrogen) atoms. The van der Waals surface area contributed by atoms with Crippen LogP contribution in [0.25, 0.3) is 28.0 Å². The molecule has 2 aromatic carbocycles. The van der Waals surface area contributed by atoms with Crippen LogP contribution >= 0.6 is 23.2 Å². The van der Waals surface area contributed by atoms with Gasteiger partial charge in [0, 0.05) is 5.56 Å². The Morgan fingerprint density at radius 3 is 2.27 bits per heavy atom. The van der Waals surface area contributed by atoms with Crippen molar-refractivity contribution in [3.05, 3.63) is 69.8 Å². The van der Waals surface area contributed by atoms with Crippen molar-refractivity contribution in [3.8, 4) is 22.7 Å². The van der Waals surface area contributed by atoms with Crippen molar-refractivity contribution in [2.75, 3.05) is 7.11 Å². The van der Waals surface area contributed by atoms with Crippen molar-refractivity contribution < 1.29 is 17.9 Å². The zero-order chi connectivity index (χ0) is 21.6. The van der Waals surface area contributed by atoms with Gasteiger partial charge in [-0.2, -0.15) is 18.3 Å². The number of pyridine rings is 1. The number of halogens is 5. The molecule has 9 heteroatoms. The number of methoxy groups -OCH3 is 1. The minimum Gasteiger partial charge on any atom is -0.497 e. The van der Waals surface area contributed by atoms with E-state index in [0.29, 0.717) is 22.0 Å². The first kappa shape index (κ1) is 20.5. The number of aromatic nitrogens is 3. The summed E-state index contributed by atoms with van der Waals surface area (Å²) in [4.78, 5) is 4.51. The van der Waals surface area contributed by atoms with Crippen molar-refractivity contribution >= 4 is 34.2 Å². The molecule has 0 aliphatic carbocycles. The molecule has 2 aromatic heterocycles. The molecule has 0 aliphatic heterocycles. The number of ether oxygens (including phenoxy) is 1. The van der Waals surface area contributed by atoms with Crippen molar-refractivity contribution in [1.82, 2.24) is 14.8 Å². The van der Waals surface area contributed by atoms with Crippen LogP contribution in [-0.2, 0) is 6.18 Å². The minimum atomic E-state index is -4.58. The maximum absolute atomic E-state index is 13.9. The van der Waals surface area contributed by atoms with E-state index >= 15 is 0 Å². The zero-order valence-corrected chi connectivity index (χ0v) is 17.3. The molecule has 0 aliphatic rings. The maximum atomic E-state index is 13.9. The Kier molecular flexibility index (Phi) is 5.11. The minimum absolute atomic E-state index is 0.0640. The molecule has 0 atom stereocenters. The van der Waals surface area contributed by atoms with Gasteiger partial charge in [-0.05, 0) is 55.5 Å². The van der Waals surface area contributed by atoms with Crippen LogP contribution in [0.1, 0.15) is 11.3 Å². The predicted molar refractivity (Wildman–Crippen MR) is 111 cm³/mol. The van der Waals surface area contributed by atoms with Gasteiger partial charge < -0.3 is 4.74 Å². The summed E-state index contributed by atoms with van der Waals surface area (Å²) in [5.41, 5.74) is 0.613. The highest BCUT2D eigenvalue weighted by molar-refractivity contribution is 6.42. The van der Waals surface area contributed by atoms with E-state index in [1.54, 1.807) is 36.4 Å². The first-order valence-corrected chi connectivity index (χ1v) is 9.52. The van der Waals surface area contributed by atoms with Gasteiger partial charge in [0.15, 0.2) is 5.65 Å². The lowest BCUT2D eigenvalue weighted by molar-refractivity contribution is -0.136. The highest BCUT2D eigenvalue weighted by atomic mass is 35.5. The summed E-state index contributed by atoms with van der Waals surface area (Å²) in [6, 6.07) is 12.4. The van der Waals surface area contributed by atoms with E-state index in [1.165, 1.54) is 24.8 Å². The smallest absolute Gasteiger partial charge is 0.417 e. The maximum Gasteiger partial charge on any atom is 0.417 e. The van der Waals surface area contributed by atoms with Gasteiger partial charge in [-0.3, -0.25) is 0 Å². The third-order valence-electron chi connectivity index (χ3n) is 4.65. The molecule has 0 N–H and O–H groups in total. The summed E-state index contributed by atoms with van der Waals surface area (Å²) in [7, 11) is 1.51. The van der Waals surface area contributed by atoms with Crippen LogP contribution < -0.4 is 4.74 Å². The average Bonchev–Trinajstić information content (AvgIpc) is 3.05. The second-order valence-corrected chi connectivity index (χ2v) is 7.39. The number of aryl methyl sites for hydroxylation is 1. The number of benzene rings is 2. The van der Waals surface area contributed by atoms with Gasteiger partial charge in [0.05, 0.1) is 45.2 Å². The summed E-state index contributed by atoms with van der Waals surface area (Å²) >= 11 is 12.1. The van der Waals surface area contributed by atoms with Crippen LogP contribution in [-0.4, -0.2) is 21.9 Å². The molecule has 4 aromatic rings. The van der Waals surface area contributed by atoms with Crippen LogP contribution in [0.5, 0.6) is 5.75 Å². The fourth-order valence-corrected chi connectivity index (χ4v) is 3.51. The third kappa shape index (κ3) is 3.59. The Bertz CT molecular complexity index is 1250. The predicted octanol–water partition coefficient (Wildman–Crippen LogP) is 6.73. The van der Waals surface area contributed by atoms with Crippen molar-refractivity contribution in [2.24, 2.45) is 0 Å². The lowest BCUT2D eigenvalue weighted by Gasteiger charge is -2.12. The normalized spacial score (nSPS) is 11.8. The fourth-order valence-electron chi connectivity index (χ4n) is 3.22. The van der Waals surface area contributed by atoms with Crippen molar-refractivity contribution in [1.29, 1.82) is 0 Å². The monoisotopic (exact) mass is 451 g/mol. The Balaban J connectivity index is 2.02. The van der Waals surface area contributed by atoms with E-state index in [1.807, 2.05) is 0 Å². The molecule has 4 rings (SSSR count). The molecule has 0 fully saturated rings. The molecule has 4 nitrogen and oxygen atoms in total. The van der Waals surface area contributed by atoms with Crippen LogP contribution in [0.15, 0.2) is 48.5 Å². The first-order chi connectivity index (χ1) is 14.2. The summed E-state index contributed by atoms with van der Waals surface area (Å²) in [6.45, 7) is 1.51. The lowest BCUT2D eigenvalue weighted by atomic mass is 10.0. The van der Waals surface area contributed by atoms with E-state index in [0.717, 1.165) is 6.07 Å². The highest BCUT2D eigenvalue weighted by Crippen LogP contribution is 2.39. The largest absolute Gasteiger partial charge is 0.497 e. The number of nitrogens with zero attached hydrogens (tertiary/aromatic N) is 3. The molecule has 0 amide bonds. The summed E-state index contributed by atoms with van der Waals surface area (Å²) in [6.07, 6.45) is -4.58. The molecule has 0 saturated heterocycles. The van der Waals surface area contributed by atoms with Gasteiger partial charge in [0.25, 0.3) is 0 Å². The molecule has 0 bridgehead atoms. The van der Waals surface area contributed by atoms with Crippen LogP contribution in [0, 0.1) is 6.92 Å².